The zero-order chi connectivity index (χ0) is 15.6. The lowest BCUT2D eigenvalue weighted by Gasteiger charge is -2.19. The maximum Gasteiger partial charge on any atom is 0.416 e. The molecule has 1 aliphatic rings. The highest BCUT2D eigenvalue weighted by atomic mass is 19.4. The van der Waals surface area contributed by atoms with Crippen molar-refractivity contribution in [1.82, 2.24) is 15.5 Å². The Morgan fingerprint density at radius 2 is 2.14 bits per heavy atom. The lowest BCUT2D eigenvalue weighted by Crippen LogP contribution is -2.27. The summed E-state index contributed by atoms with van der Waals surface area (Å²) in [5.74, 6) is 0.920. The zero-order valence-corrected chi connectivity index (χ0v) is 11.9. The summed E-state index contributed by atoms with van der Waals surface area (Å²) < 4.78 is 43.3. The van der Waals surface area contributed by atoms with Gasteiger partial charge in [-0.1, -0.05) is 29.8 Å². The molecule has 0 amide bonds. The Morgan fingerprint density at radius 3 is 2.86 bits per heavy atom. The first-order valence-electron chi connectivity index (χ1n) is 7.24. The van der Waals surface area contributed by atoms with E-state index in [1.54, 1.807) is 6.07 Å². The summed E-state index contributed by atoms with van der Waals surface area (Å²) in [6.07, 6.45) is -0.958. The van der Waals surface area contributed by atoms with Gasteiger partial charge < -0.3 is 9.84 Å². The standard InChI is InChI=1S/C15H16F3N3O/c16-15(17,18)11-5-3-4-10(8-11)9-13-20-14(22-21-13)12-6-1-2-7-19-12/h3-5,8,12,19H,1-2,6-7,9H2. The Bertz CT molecular complexity index is 633. The Kier molecular flexibility index (Phi) is 4.15. The molecule has 22 heavy (non-hydrogen) atoms. The highest BCUT2D eigenvalue weighted by Gasteiger charge is 2.30. The topological polar surface area (TPSA) is 51.0 Å². The SMILES string of the molecule is FC(F)(F)c1cccc(Cc2noc(C3CCCCN3)n2)c1. The van der Waals surface area contributed by atoms with Gasteiger partial charge in [0.15, 0.2) is 5.82 Å². The molecule has 0 radical (unpaired) electrons. The van der Waals surface area contributed by atoms with Crippen LogP contribution >= 0.6 is 0 Å². The Hall–Kier alpha value is -1.89. The van der Waals surface area contributed by atoms with Crippen molar-refractivity contribution in [2.45, 2.75) is 37.9 Å². The number of rotatable bonds is 3. The highest BCUT2D eigenvalue weighted by molar-refractivity contribution is 5.27. The number of benzene rings is 1. The maximum atomic E-state index is 12.7. The van der Waals surface area contributed by atoms with Crippen molar-refractivity contribution < 1.29 is 17.7 Å². The second kappa shape index (κ2) is 6.08. The number of nitrogens with one attached hydrogen (secondary N) is 1. The second-order valence-electron chi connectivity index (χ2n) is 5.43. The van der Waals surface area contributed by atoms with Crippen LogP contribution in [-0.4, -0.2) is 16.7 Å². The summed E-state index contributed by atoms with van der Waals surface area (Å²) in [6, 6.07) is 5.24. The van der Waals surface area contributed by atoms with Crippen molar-refractivity contribution in [3.8, 4) is 0 Å². The van der Waals surface area contributed by atoms with Crippen LogP contribution in [0.2, 0.25) is 0 Å². The third-order valence-corrected chi connectivity index (χ3v) is 3.71. The van der Waals surface area contributed by atoms with Gasteiger partial charge in [0, 0.05) is 6.42 Å². The Morgan fingerprint density at radius 1 is 1.27 bits per heavy atom. The molecule has 0 spiro atoms. The lowest BCUT2D eigenvalue weighted by molar-refractivity contribution is -0.137. The maximum absolute atomic E-state index is 12.7. The van der Waals surface area contributed by atoms with Crippen LogP contribution in [0.15, 0.2) is 28.8 Å². The first kappa shape index (κ1) is 15.0. The molecule has 1 unspecified atom stereocenters. The molecule has 1 fully saturated rings. The van der Waals surface area contributed by atoms with Gasteiger partial charge in [0.25, 0.3) is 0 Å². The number of nitrogens with zero attached hydrogens (tertiary/aromatic N) is 2. The van der Waals surface area contributed by atoms with E-state index in [1.807, 2.05) is 0 Å². The summed E-state index contributed by atoms with van der Waals surface area (Å²) in [5.41, 5.74) is -0.151. The minimum absolute atomic E-state index is 0.0523. The number of piperidine rings is 1. The molecule has 0 saturated carbocycles. The Balaban J connectivity index is 1.72. The van der Waals surface area contributed by atoms with Gasteiger partial charge >= 0.3 is 6.18 Å². The molecule has 3 rings (SSSR count). The highest BCUT2D eigenvalue weighted by Crippen LogP contribution is 2.30. The fourth-order valence-electron chi connectivity index (χ4n) is 2.58. The van der Waals surface area contributed by atoms with E-state index in [1.165, 1.54) is 6.07 Å². The first-order chi connectivity index (χ1) is 10.5. The fourth-order valence-corrected chi connectivity index (χ4v) is 2.58. The van der Waals surface area contributed by atoms with Crippen molar-refractivity contribution in [1.29, 1.82) is 0 Å². The lowest BCUT2D eigenvalue weighted by atomic mass is 10.1. The van der Waals surface area contributed by atoms with E-state index < -0.39 is 11.7 Å². The molecule has 1 N–H and O–H groups in total. The van der Waals surface area contributed by atoms with Gasteiger partial charge in [-0.2, -0.15) is 18.2 Å². The average Bonchev–Trinajstić information content (AvgIpc) is 2.96. The zero-order valence-electron chi connectivity index (χ0n) is 11.9. The van der Waals surface area contributed by atoms with Crippen LogP contribution in [0.1, 0.15) is 48.1 Å². The smallest absolute Gasteiger partial charge is 0.338 e. The van der Waals surface area contributed by atoms with Crippen molar-refractivity contribution >= 4 is 0 Å². The predicted molar refractivity (Wildman–Crippen MR) is 73.1 cm³/mol. The average molecular weight is 311 g/mol. The first-order valence-corrected chi connectivity index (χ1v) is 7.24. The molecule has 1 aromatic carbocycles. The number of alkyl halides is 3. The van der Waals surface area contributed by atoms with Crippen molar-refractivity contribution in [2.24, 2.45) is 0 Å². The minimum Gasteiger partial charge on any atom is -0.338 e. The number of hydrogen-bond acceptors (Lipinski definition) is 4. The van der Waals surface area contributed by atoms with Gasteiger partial charge in [0.1, 0.15) is 0 Å². The molecule has 0 bridgehead atoms. The van der Waals surface area contributed by atoms with Crippen LogP contribution in [0.3, 0.4) is 0 Å². The molecule has 1 aliphatic heterocycles. The van der Waals surface area contributed by atoms with Gasteiger partial charge in [0.2, 0.25) is 5.89 Å². The molecule has 1 aromatic heterocycles. The predicted octanol–water partition coefficient (Wildman–Crippen LogP) is 3.49. The van der Waals surface area contributed by atoms with E-state index in [9.17, 15) is 13.2 Å². The van der Waals surface area contributed by atoms with Crippen LogP contribution in [0.25, 0.3) is 0 Å². The van der Waals surface area contributed by atoms with E-state index >= 15 is 0 Å². The van der Waals surface area contributed by atoms with E-state index in [2.05, 4.69) is 15.5 Å². The van der Waals surface area contributed by atoms with Gasteiger partial charge in [0.05, 0.1) is 11.6 Å². The number of hydrogen-bond donors (Lipinski definition) is 1. The minimum atomic E-state index is -4.34. The molecule has 118 valence electrons. The summed E-state index contributed by atoms with van der Waals surface area (Å²) in [6.45, 7) is 0.913. The van der Waals surface area contributed by atoms with Gasteiger partial charge in [-0.25, -0.2) is 0 Å². The van der Waals surface area contributed by atoms with Crippen LogP contribution in [0.5, 0.6) is 0 Å². The van der Waals surface area contributed by atoms with Gasteiger partial charge in [-0.15, -0.1) is 0 Å². The summed E-state index contributed by atoms with van der Waals surface area (Å²) >= 11 is 0. The summed E-state index contributed by atoms with van der Waals surface area (Å²) in [7, 11) is 0. The van der Waals surface area contributed by atoms with Crippen LogP contribution in [-0.2, 0) is 12.6 Å². The van der Waals surface area contributed by atoms with E-state index in [0.29, 0.717) is 17.3 Å². The third kappa shape index (κ3) is 3.47. The van der Waals surface area contributed by atoms with E-state index in [4.69, 9.17) is 4.52 Å². The molecular formula is C15H16F3N3O. The normalized spacial score (nSPS) is 19.3. The molecule has 4 nitrogen and oxygen atoms in total. The number of aromatic nitrogens is 2. The van der Waals surface area contributed by atoms with E-state index in [0.717, 1.165) is 37.9 Å². The van der Waals surface area contributed by atoms with Gasteiger partial charge in [-0.05, 0) is 31.0 Å². The van der Waals surface area contributed by atoms with Crippen molar-refractivity contribution in [3.63, 3.8) is 0 Å². The summed E-state index contributed by atoms with van der Waals surface area (Å²) in [5, 5.41) is 7.17. The van der Waals surface area contributed by atoms with Crippen LogP contribution in [0, 0.1) is 0 Å². The molecular weight excluding hydrogens is 295 g/mol. The van der Waals surface area contributed by atoms with Gasteiger partial charge in [-0.3, -0.25) is 0 Å². The van der Waals surface area contributed by atoms with Crippen molar-refractivity contribution in [2.75, 3.05) is 6.54 Å². The van der Waals surface area contributed by atoms with Crippen LogP contribution in [0.4, 0.5) is 13.2 Å². The Labute approximate surface area is 125 Å². The van der Waals surface area contributed by atoms with Crippen LogP contribution < -0.4 is 5.32 Å². The number of halogens is 3. The third-order valence-electron chi connectivity index (χ3n) is 3.71. The molecule has 1 atom stereocenters. The fraction of sp³-hybridized carbons (Fsp3) is 0.467. The monoisotopic (exact) mass is 311 g/mol. The largest absolute Gasteiger partial charge is 0.416 e. The molecule has 2 aromatic rings. The molecule has 1 saturated heterocycles. The summed E-state index contributed by atoms with van der Waals surface area (Å²) in [4.78, 5) is 4.30. The second-order valence-corrected chi connectivity index (χ2v) is 5.43. The quantitative estimate of drug-likeness (QED) is 0.942. The molecule has 2 heterocycles. The van der Waals surface area contributed by atoms with E-state index in [-0.39, 0.29) is 12.5 Å². The van der Waals surface area contributed by atoms with Crippen molar-refractivity contribution in [3.05, 3.63) is 47.1 Å². The molecule has 0 aliphatic carbocycles. The molecule has 7 heteroatoms.